The van der Waals surface area contributed by atoms with Crippen LogP contribution in [-0.4, -0.2) is 11.0 Å². The van der Waals surface area contributed by atoms with Gasteiger partial charge in [-0.15, -0.1) is 0 Å². The number of carbonyl (C=O) groups excluding carboxylic acids is 1. The monoisotopic (exact) mass is 299 g/mol. The van der Waals surface area contributed by atoms with Crippen molar-refractivity contribution in [3.63, 3.8) is 0 Å². The van der Waals surface area contributed by atoms with Gasteiger partial charge in [0.25, 0.3) is 0 Å². The van der Waals surface area contributed by atoms with Gasteiger partial charge >= 0.3 is 6.03 Å². The van der Waals surface area contributed by atoms with E-state index in [4.69, 9.17) is 0 Å². The number of amides is 2. The van der Waals surface area contributed by atoms with Gasteiger partial charge in [0.05, 0.1) is 6.04 Å². The zero-order chi connectivity index (χ0) is 16.1. The number of hydrogen-bond donors (Lipinski definition) is 3. The lowest BCUT2D eigenvalue weighted by Gasteiger charge is -2.15. The summed E-state index contributed by atoms with van der Waals surface area (Å²) in [5.41, 5.74) is 2.49. The summed E-state index contributed by atoms with van der Waals surface area (Å²) in [6.07, 6.45) is 1.57. The minimum atomic E-state index is -0.298. The number of anilines is 1. The first-order valence-electron chi connectivity index (χ1n) is 7.32. The zero-order valence-corrected chi connectivity index (χ0v) is 13.0. The van der Waals surface area contributed by atoms with E-state index in [0.717, 1.165) is 11.3 Å². The average molecular weight is 299 g/mol. The van der Waals surface area contributed by atoms with Crippen molar-refractivity contribution in [3.05, 3.63) is 64.1 Å². The number of aromatic amines is 1. The standard InChI is InChI=1S/C17H21N3O2/c1-11(2)13-5-4-6-15(9-13)20-17(22)19-12(3)14-7-8-18-16(21)10-14/h4-12H,1-3H3,(H,18,21)(H2,19,20,22). The van der Waals surface area contributed by atoms with Gasteiger partial charge in [-0.3, -0.25) is 4.79 Å². The molecule has 2 aromatic rings. The van der Waals surface area contributed by atoms with Gasteiger partial charge in [0.15, 0.2) is 0 Å². The highest BCUT2D eigenvalue weighted by molar-refractivity contribution is 5.89. The molecule has 1 aromatic heterocycles. The van der Waals surface area contributed by atoms with E-state index in [1.165, 1.54) is 11.6 Å². The second kappa shape index (κ2) is 6.93. The molecule has 116 valence electrons. The molecule has 3 N–H and O–H groups in total. The van der Waals surface area contributed by atoms with E-state index in [0.29, 0.717) is 5.92 Å². The van der Waals surface area contributed by atoms with Crippen LogP contribution < -0.4 is 16.2 Å². The Morgan fingerprint density at radius 1 is 1.09 bits per heavy atom. The van der Waals surface area contributed by atoms with Gasteiger partial charge in [0.1, 0.15) is 0 Å². The Kier molecular flexibility index (Phi) is 4.99. The second-order valence-corrected chi connectivity index (χ2v) is 5.59. The number of pyridine rings is 1. The molecule has 0 spiro atoms. The molecular formula is C17H21N3O2. The lowest BCUT2D eigenvalue weighted by molar-refractivity contribution is 0.249. The SMILES string of the molecule is CC(C)c1cccc(NC(=O)NC(C)c2cc[nH]c(=O)c2)c1. The second-order valence-electron chi connectivity index (χ2n) is 5.59. The predicted molar refractivity (Wildman–Crippen MR) is 88.2 cm³/mol. The van der Waals surface area contributed by atoms with Crippen LogP contribution in [0.25, 0.3) is 0 Å². The highest BCUT2D eigenvalue weighted by Gasteiger charge is 2.10. The lowest BCUT2D eigenvalue weighted by Crippen LogP contribution is -2.31. The Balaban J connectivity index is 2.01. The maximum atomic E-state index is 12.1. The van der Waals surface area contributed by atoms with E-state index >= 15 is 0 Å². The fourth-order valence-electron chi connectivity index (χ4n) is 2.15. The molecule has 0 bridgehead atoms. The summed E-state index contributed by atoms with van der Waals surface area (Å²) in [6.45, 7) is 6.04. The van der Waals surface area contributed by atoms with E-state index < -0.39 is 0 Å². The van der Waals surface area contributed by atoms with Crippen LogP contribution in [0.1, 0.15) is 43.9 Å². The molecule has 0 aliphatic heterocycles. The van der Waals surface area contributed by atoms with Gasteiger partial charge in [-0.05, 0) is 42.2 Å². The Bertz CT molecular complexity index is 707. The van der Waals surface area contributed by atoms with Crippen molar-refractivity contribution in [1.29, 1.82) is 0 Å². The van der Waals surface area contributed by atoms with Crippen molar-refractivity contribution in [2.45, 2.75) is 32.7 Å². The van der Waals surface area contributed by atoms with Gasteiger partial charge < -0.3 is 15.6 Å². The highest BCUT2D eigenvalue weighted by atomic mass is 16.2. The van der Waals surface area contributed by atoms with Crippen molar-refractivity contribution in [1.82, 2.24) is 10.3 Å². The Morgan fingerprint density at radius 2 is 1.86 bits per heavy atom. The van der Waals surface area contributed by atoms with Crippen LogP contribution >= 0.6 is 0 Å². The largest absolute Gasteiger partial charge is 0.331 e. The van der Waals surface area contributed by atoms with Gasteiger partial charge in [-0.2, -0.15) is 0 Å². The smallest absolute Gasteiger partial charge is 0.319 e. The number of rotatable bonds is 4. The maximum absolute atomic E-state index is 12.1. The van der Waals surface area contributed by atoms with Crippen LogP contribution in [0.5, 0.6) is 0 Å². The summed E-state index contributed by atoms with van der Waals surface area (Å²) in [5, 5.41) is 5.63. The molecule has 1 aromatic carbocycles. The normalized spacial score (nSPS) is 12.0. The predicted octanol–water partition coefficient (Wildman–Crippen LogP) is 3.38. The van der Waals surface area contributed by atoms with E-state index in [1.54, 1.807) is 12.3 Å². The number of nitrogens with one attached hydrogen (secondary N) is 3. The van der Waals surface area contributed by atoms with Crippen molar-refractivity contribution in [2.24, 2.45) is 0 Å². The van der Waals surface area contributed by atoms with Gasteiger partial charge in [-0.25, -0.2) is 4.79 Å². The number of carbonyl (C=O) groups is 1. The first kappa shape index (κ1) is 15.8. The summed E-state index contributed by atoms with van der Waals surface area (Å²) in [5.74, 6) is 0.403. The Hall–Kier alpha value is -2.56. The third-order valence-corrected chi connectivity index (χ3v) is 3.46. The quantitative estimate of drug-likeness (QED) is 0.809. The van der Waals surface area contributed by atoms with Crippen LogP contribution in [0.15, 0.2) is 47.4 Å². The number of H-pyrrole nitrogens is 1. The molecular weight excluding hydrogens is 278 g/mol. The third kappa shape index (κ3) is 4.22. The summed E-state index contributed by atoms with van der Waals surface area (Å²) >= 11 is 0. The molecule has 5 heteroatoms. The topological polar surface area (TPSA) is 74.0 Å². The summed E-state index contributed by atoms with van der Waals surface area (Å²) < 4.78 is 0. The van der Waals surface area contributed by atoms with Crippen molar-refractivity contribution in [2.75, 3.05) is 5.32 Å². The molecule has 0 saturated heterocycles. The van der Waals surface area contributed by atoms with E-state index in [2.05, 4.69) is 29.5 Å². The summed E-state index contributed by atoms with van der Waals surface area (Å²) in [7, 11) is 0. The molecule has 1 atom stereocenters. The Morgan fingerprint density at radius 3 is 2.55 bits per heavy atom. The molecule has 1 heterocycles. The molecule has 2 rings (SSSR count). The number of hydrogen-bond acceptors (Lipinski definition) is 2. The molecule has 2 amide bonds. The van der Waals surface area contributed by atoms with Crippen LogP contribution in [0.3, 0.4) is 0 Å². The fraction of sp³-hybridized carbons (Fsp3) is 0.294. The van der Waals surface area contributed by atoms with Crippen molar-refractivity contribution < 1.29 is 4.79 Å². The Labute approximate surface area is 129 Å². The van der Waals surface area contributed by atoms with Gasteiger partial charge in [0.2, 0.25) is 5.56 Å². The maximum Gasteiger partial charge on any atom is 0.319 e. The van der Waals surface area contributed by atoms with Crippen LogP contribution in [0, 0.1) is 0 Å². The molecule has 5 nitrogen and oxygen atoms in total. The molecule has 22 heavy (non-hydrogen) atoms. The van der Waals surface area contributed by atoms with E-state index in [-0.39, 0.29) is 17.6 Å². The van der Waals surface area contributed by atoms with Gasteiger partial charge in [-0.1, -0.05) is 26.0 Å². The summed E-state index contributed by atoms with van der Waals surface area (Å²) in [6, 6.07) is 10.5. The minimum absolute atomic E-state index is 0.184. The number of aromatic nitrogens is 1. The minimum Gasteiger partial charge on any atom is -0.331 e. The molecule has 0 saturated carbocycles. The van der Waals surface area contributed by atoms with Crippen molar-refractivity contribution in [3.8, 4) is 0 Å². The summed E-state index contributed by atoms with van der Waals surface area (Å²) in [4.78, 5) is 25.9. The zero-order valence-electron chi connectivity index (χ0n) is 13.0. The number of benzene rings is 1. The van der Waals surface area contributed by atoms with Crippen LogP contribution in [0.2, 0.25) is 0 Å². The first-order valence-corrected chi connectivity index (χ1v) is 7.32. The van der Waals surface area contributed by atoms with Crippen LogP contribution in [-0.2, 0) is 0 Å². The van der Waals surface area contributed by atoms with E-state index in [1.807, 2.05) is 31.2 Å². The average Bonchev–Trinajstić information content (AvgIpc) is 2.47. The molecule has 0 aliphatic rings. The molecule has 0 fully saturated rings. The fourth-order valence-corrected chi connectivity index (χ4v) is 2.15. The molecule has 1 unspecified atom stereocenters. The van der Waals surface area contributed by atoms with Crippen LogP contribution in [0.4, 0.5) is 10.5 Å². The first-order chi connectivity index (χ1) is 10.5. The lowest BCUT2D eigenvalue weighted by atomic mass is 10.0. The third-order valence-electron chi connectivity index (χ3n) is 3.46. The molecule has 0 aliphatic carbocycles. The number of urea groups is 1. The van der Waals surface area contributed by atoms with Gasteiger partial charge in [0, 0.05) is 18.0 Å². The van der Waals surface area contributed by atoms with E-state index in [9.17, 15) is 9.59 Å². The molecule has 0 radical (unpaired) electrons. The highest BCUT2D eigenvalue weighted by Crippen LogP contribution is 2.18. The van der Waals surface area contributed by atoms with Crippen molar-refractivity contribution >= 4 is 11.7 Å².